The highest BCUT2D eigenvalue weighted by Gasteiger charge is 2.17. The van der Waals surface area contributed by atoms with E-state index < -0.39 is 10.0 Å². The van der Waals surface area contributed by atoms with E-state index in [0.717, 1.165) is 11.3 Å². The second-order valence-electron chi connectivity index (χ2n) is 3.27. The quantitative estimate of drug-likeness (QED) is 0.942. The number of hydrogen-bond donors (Lipinski definition) is 1. The topological polar surface area (TPSA) is 68.3 Å². The predicted octanol–water partition coefficient (Wildman–Crippen LogP) is 2.61. The molecular weight excluding hydrogens is 296 g/mol. The average molecular weight is 305 g/mol. The summed E-state index contributed by atoms with van der Waals surface area (Å²) in [6.45, 7) is 0. The fourth-order valence-corrected chi connectivity index (χ4v) is 3.60. The molecule has 0 aliphatic rings. The van der Waals surface area contributed by atoms with Crippen LogP contribution in [-0.4, -0.2) is 20.5 Å². The Labute approximate surface area is 113 Å². The molecule has 0 aliphatic heterocycles. The average Bonchev–Trinajstić information content (AvgIpc) is 2.76. The van der Waals surface area contributed by atoms with Crippen LogP contribution >= 0.6 is 22.9 Å². The molecule has 0 saturated heterocycles. The largest absolute Gasteiger partial charge is 0.497 e. The van der Waals surface area contributed by atoms with E-state index in [0.29, 0.717) is 11.4 Å². The van der Waals surface area contributed by atoms with Gasteiger partial charge in [-0.05, 0) is 12.1 Å². The van der Waals surface area contributed by atoms with Crippen molar-refractivity contribution in [1.29, 1.82) is 0 Å². The Bertz CT molecular complexity index is 655. The van der Waals surface area contributed by atoms with Crippen LogP contribution < -0.4 is 9.46 Å². The number of ether oxygens (including phenoxy) is 1. The summed E-state index contributed by atoms with van der Waals surface area (Å²) in [5, 5.41) is 0. The first kappa shape index (κ1) is 13.1. The lowest BCUT2D eigenvalue weighted by Crippen LogP contribution is -2.11. The summed E-state index contributed by atoms with van der Waals surface area (Å²) < 4.78 is 31.6. The Hall–Kier alpha value is -1.31. The first-order valence-electron chi connectivity index (χ1n) is 4.79. The number of sulfonamides is 1. The number of anilines is 1. The van der Waals surface area contributed by atoms with Gasteiger partial charge in [0, 0.05) is 6.07 Å². The number of methoxy groups -OCH3 is 1. The van der Waals surface area contributed by atoms with Crippen LogP contribution in [0.2, 0.25) is 4.47 Å². The van der Waals surface area contributed by atoms with Gasteiger partial charge < -0.3 is 4.74 Å². The van der Waals surface area contributed by atoms with Crippen LogP contribution in [-0.2, 0) is 10.0 Å². The molecule has 0 fully saturated rings. The first-order chi connectivity index (χ1) is 8.51. The molecule has 1 aromatic heterocycles. The van der Waals surface area contributed by atoms with Gasteiger partial charge in [-0.3, -0.25) is 4.72 Å². The fraction of sp³-hybridized carbons (Fsp3) is 0.100. The number of aromatic nitrogens is 1. The Balaban J connectivity index is 2.27. The zero-order valence-electron chi connectivity index (χ0n) is 9.25. The third-order valence-electron chi connectivity index (χ3n) is 2.04. The lowest BCUT2D eigenvalue weighted by molar-refractivity contribution is 0.415. The van der Waals surface area contributed by atoms with Gasteiger partial charge in [0.05, 0.1) is 19.0 Å². The van der Waals surface area contributed by atoms with E-state index in [-0.39, 0.29) is 8.68 Å². The van der Waals surface area contributed by atoms with E-state index in [1.54, 1.807) is 24.3 Å². The van der Waals surface area contributed by atoms with Crippen molar-refractivity contribution in [1.82, 2.24) is 4.98 Å². The lowest BCUT2D eigenvalue weighted by Gasteiger charge is -2.07. The maximum absolute atomic E-state index is 12.0. The Morgan fingerprint density at radius 1 is 1.44 bits per heavy atom. The van der Waals surface area contributed by atoms with Crippen molar-refractivity contribution < 1.29 is 13.2 Å². The fourth-order valence-electron chi connectivity index (χ4n) is 1.26. The van der Waals surface area contributed by atoms with Crippen molar-refractivity contribution >= 4 is 38.6 Å². The SMILES string of the molecule is COc1cccc(NS(=O)(=O)c2cnc(Cl)s2)c1. The molecule has 96 valence electrons. The van der Waals surface area contributed by atoms with E-state index >= 15 is 0 Å². The van der Waals surface area contributed by atoms with Crippen LogP contribution in [0.4, 0.5) is 5.69 Å². The molecule has 0 aliphatic carbocycles. The highest BCUT2D eigenvalue weighted by Crippen LogP contribution is 2.25. The minimum absolute atomic E-state index is 0.0651. The van der Waals surface area contributed by atoms with Crippen molar-refractivity contribution in [2.75, 3.05) is 11.8 Å². The van der Waals surface area contributed by atoms with Gasteiger partial charge in [-0.15, -0.1) is 0 Å². The monoisotopic (exact) mass is 304 g/mol. The van der Waals surface area contributed by atoms with Gasteiger partial charge in [-0.2, -0.15) is 0 Å². The van der Waals surface area contributed by atoms with Crippen LogP contribution in [0.3, 0.4) is 0 Å². The van der Waals surface area contributed by atoms with Gasteiger partial charge in [0.15, 0.2) is 8.68 Å². The van der Waals surface area contributed by atoms with Crippen molar-refractivity contribution in [3.05, 3.63) is 34.9 Å². The van der Waals surface area contributed by atoms with E-state index in [1.165, 1.54) is 13.3 Å². The highest BCUT2D eigenvalue weighted by molar-refractivity contribution is 7.94. The summed E-state index contributed by atoms with van der Waals surface area (Å²) in [5.41, 5.74) is 0.416. The molecule has 0 atom stereocenters. The maximum atomic E-state index is 12.0. The van der Waals surface area contributed by atoms with E-state index in [1.807, 2.05) is 0 Å². The second-order valence-corrected chi connectivity index (χ2v) is 6.79. The van der Waals surface area contributed by atoms with Crippen molar-refractivity contribution in [2.24, 2.45) is 0 Å². The third kappa shape index (κ3) is 2.92. The van der Waals surface area contributed by atoms with Crippen LogP contribution in [0.25, 0.3) is 0 Å². The normalized spacial score (nSPS) is 11.2. The number of hydrogen-bond acceptors (Lipinski definition) is 5. The van der Waals surface area contributed by atoms with Gasteiger partial charge in [-0.25, -0.2) is 13.4 Å². The number of rotatable bonds is 4. The van der Waals surface area contributed by atoms with Gasteiger partial charge in [0.25, 0.3) is 10.0 Å². The Morgan fingerprint density at radius 2 is 2.22 bits per heavy atom. The summed E-state index contributed by atoms with van der Waals surface area (Å²) in [5.74, 6) is 0.567. The number of thiazole rings is 1. The minimum Gasteiger partial charge on any atom is -0.497 e. The van der Waals surface area contributed by atoms with Gasteiger partial charge in [0.2, 0.25) is 0 Å². The molecule has 2 aromatic rings. The van der Waals surface area contributed by atoms with Crippen LogP contribution in [0, 0.1) is 0 Å². The number of benzene rings is 1. The zero-order chi connectivity index (χ0) is 13.2. The number of nitrogens with zero attached hydrogens (tertiary/aromatic N) is 1. The molecule has 0 amide bonds. The summed E-state index contributed by atoms with van der Waals surface area (Å²) in [6, 6.07) is 6.63. The van der Waals surface area contributed by atoms with E-state index in [4.69, 9.17) is 16.3 Å². The molecule has 0 radical (unpaired) electrons. The summed E-state index contributed by atoms with van der Waals surface area (Å²) in [6.07, 6.45) is 1.22. The second kappa shape index (κ2) is 5.13. The lowest BCUT2D eigenvalue weighted by atomic mass is 10.3. The molecule has 18 heavy (non-hydrogen) atoms. The van der Waals surface area contributed by atoms with Gasteiger partial charge in [0.1, 0.15) is 5.75 Å². The molecule has 0 unspecified atom stereocenters. The maximum Gasteiger partial charge on any atom is 0.273 e. The third-order valence-corrected chi connectivity index (χ3v) is 5.00. The summed E-state index contributed by atoms with van der Waals surface area (Å²) in [7, 11) is -2.14. The van der Waals surface area contributed by atoms with Gasteiger partial charge in [-0.1, -0.05) is 29.0 Å². The van der Waals surface area contributed by atoms with Gasteiger partial charge >= 0.3 is 0 Å². The first-order valence-corrected chi connectivity index (χ1v) is 7.47. The molecule has 0 bridgehead atoms. The Morgan fingerprint density at radius 3 is 2.83 bits per heavy atom. The molecule has 1 N–H and O–H groups in total. The summed E-state index contributed by atoms with van der Waals surface area (Å²) >= 11 is 6.51. The predicted molar refractivity (Wildman–Crippen MR) is 70.9 cm³/mol. The molecule has 0 spiro atoms. The standard InChI is InChI=1S/C10H9ClN2O3S2/c1-16-8-4-2-3-7(5-8)13-18(14,15)9-6-12-10(11)17-9/h2-6,13H,1H3. The molecule has 0 saturated carbocycles. The van der Waals surface area contributed by atoms with Crippen molar-refractivity contribution in [3.63, 3.8) is 0 Å². The van der Waals surface area contributed by atoms with Crippen LogP contribution in [0.15, 0.2) is 34.7 Å². The highest BCUT2D eigenvalue weighted by atomic mass is 35.5. The van der Waals surface area contributed by atoms with Crippen molar-refractivity contribution in [3.8, 4) is 5.75 Å². The Kier molecular flexibility index (Phi) is 3.74. The molecule has 1 heterocycles. The molecule has 1 aromatic carbocycles. The zero-order valence-corrected chi connectivity index (χ0v) is 11.6. The molecule has 5 nitrogen and oxygen atoms in total. The molecule has 8 heteroatoms. The van der Waals surface area contributed by atoms with E-state index in [2.05, 4.69) is 9.71 Å². The van der Waals surface area contributed by atoms with E-state index in [9.17, 15) is 8.42 Å². The number of halogens is 1. The molecule has 2 rings (SSSR count). The smallest absolute Gasteiger partial charge is 0.273 e. The number of nitrogens with one attached hydrogen (secondary N) is 1. The molecular formula is C10H9ClN2O3S2. The summed E-state index contributed by atoms with van der Waals surface area (Å²) in [4.78, 5) is 3.70. The van der Waals surface area contributed by atoms with Crippen molar-refractivity contribution in [2.45, 2.75) is 4.21 Å². The van der Waals surface area contributed by atoms with Crippen LogP contribution in [0.5, 0.6) is 5.75 Å². The van der Waals surface area contributed by atoms with Crippen LogP contribution in [0.1, 0.15) is 0 Å². The minimum atomic E-state index is -3.65.